The number of hydrogen-bond donors (Lipinski definition) is 2. The van der Waals surface area contributed by atoms with E-state index in [0.29, 0.717) is 13.1 Å². The van der Waals surface area contributed by atoms with Crippen molar-refractivity contribution in [1.82, 2.24) is 15.0 Å². The molecule has 1 heterocycles. The number of nitrogens with zero attached hydrogens (tertiary/aromatic N) is 3. The summed E-state index contributed by atoms with van der Waals surface area (Å²) in [7, 11) is 0. The third-order valence-electron chi connectivity index (χ3n) is 3.19. The molecule has 2 aromatic rings. The molecule has 3 N–H and O–H groups in total. The average molecular weight is 260 g/mol. The van der Waals surface area contributed by atoms with Crippen molar-refractivity contribution in [2.45, 2.75) is 32.9 Å². The first kappa shape index (κ1) is 13.7. The molecule has 1 aromatic heterocycles. The molecule has 0 aliphatic heterocycles. The molecule has 5 nitrogen and oxygen atoms in total. The molecule has 0 aliphatic carbocycles. The van der Waals surface area contributed by atoms with Gasteiger partial charge in [-0.15, -0.1) is 5.10 Å². The highest BCUT2D eigenvalue weighted by Gasteiger charge is 2.11. The molecule has 0 saturated heterocycles. The lowest BCUT2D eigenvalue weighted by Gasteiger charge is -2.07. The van der Waals surface area contributed by atoms with Gasteiger partial charge in [0, 0.05) is 6.54 Å². The maximum atomic E-state index is 9.02. The van der Waals surface area contributed by atoms with Crippen LogP contribution in [0.5, 0.6) is 0 Å². The first-order valence-electron chi connectivity index (χ1n) is 6.52. The molecule has 1 aromatic carbocycles. The Balaban J connectivity index is 2.09. The lowest BCUT2D eigenvalue weighted by molar-refractivity contribution is 0.266. The summed E-state index contributed by atoms with van der Waals surface area (Å²) in [6, 6.07) is 8.50. The zero-order chi connectivity index (χ0) is 13.7. The minimum Gasteiger partial charge on any atom is -0.394 e. The normalized spacial score (nSPS) is 10.9. The fourth-order valence-electron chi connectivity index (χ4n) is 2.09. The van der Waals surface area contributed by atoms with Gasteiger partial charge < -0.3 is 10.8 Å². The lowest BCUT2D eigenvalue weighted by Crippen LogP contribution is -2.11. The third kappa shape index (κ3) is 3.39. The molecule has 0 saturated carbocycles. The quantitative estimate of drug-likeness (QED) is 0.806. The molecule has 0 bridgehead atoms. The van der Waals surface area contributed by atoms with Crippen molar-refractivity contribution < 1.29 is 5.11 Å². The molecule has 0 fully saturated rings. The van der Waals surface area contributed by atoms with Crippen molar-refractivity contribution in [2.24, 2.45) is 5.73 Å². The highest BCUT2D eigenvalue weighted by molar-refractivity contribution is 5.22. The van der Waals surface area contributed by atoms with Gasteiger partial charge in [0.05, 0.1) is 24.5 Å². The number of nitrogens with two attached hydrogens (primary N) is 1. The van der Waals surface area contributed by atoms with Crippen LogP contribution in [0.4, 0.5) is 0 Å². The summed E-state index contributed by atoms with van der Waals surface area (Å²) in [5.41, 5.74) is 10.1. The van der Waals surface area contributed by atoms with Crippen LogP contribution < -0.4 is 5.73 Å². The zero-order valence-electron chi connectivity index (χ0n) is 11.2. The maximum absolute atomic E-state index is 9.02. The van der Waals surface area contributed by atoms with Crippen molar-refractivity contribution in [3.63, 3.8) is 0 Å². The standard InChI is InChI=1S/C14H20N4O/c1-11-2-4-12(5-3-11)6-7-14-13(10-15)16-17-18(14)8-9-19/h2-5,19H,6-10,15H2,1H3. The Morgan fingerprint density at radius 3 is 2.58 bits per heavy atom. The number of aryl methyl sites for hydroxylation is 2. The molecule has 5 heteroatoms. The van der Waals surface area contributed by atoms with Gasteiger partial charge in [-0.2, -0.15) is 0 Å². The van der Waals surface area contributed by atoms with Crippen LogP contribution in [0.3, 0.4) is 0 Å². The summed E-state index contributed by atoms with van der Waals surface area (Å²) >= 11 is 0. The molecule has 0 unspecified atom stereocenters. The van der Waals surface area contributed by atoms with E-state index in [2.05, 4.69) is 41.5 Å². The highest BCUT2D eigenvalue weighted by atomic mass is 16.3. The topological polar surface area (TPSA) is 77.0 Å². The summed E-state index contributed by atoms with van der Waals surface area (Å²) in [5, 5.41) is 17.1. The fraction of sp³-hybridized carbons (Fsp3) is 0.429. The third-order valence-corrected chi connectivity index (χ3v) is 3.19. The predicted molar refractivity (Wildman–Crippen MR) is 73.6 cm³/mol. The van der Waals surface area contributed by atoms with Gasteiger partial charge in [-0.3, -0.25) is 0 Å². The second-order valence-electron chi connectivity index (χ2n) is 4.62. The van der Waals surface area contributed by atoms with E-state index in [9.17, 15) is 0 Å². The minimum absolute atomic E-state index is 0.0604. The van der Waals surface area contributed by atoms with E-state index in [1.165, 1.54) is 11.1 Å². The van der Waals surface area contributed by atoms with Crippen LogP contribution in [0.2, 0.25) is 0 Å². The van der Waals surface area contributed by atoms with Crippen molar-refractivity contribution in [2.75, 3.05) is 6.61 Å². The fourth-order valence-corrected chi connectivity index (χ4v) is 2.09. The molecular weight excluding hydrogens is 240 g/mol. The Bertz CT molecular complexity index is 519. The van der Waals surface area contributed by atoms with Gasteiger partial charge in [0.2, 0.25) is 0 Å². The number of rotatable bonds is 6. The number of aliphatic hydroxyl groups excluding tert-OH is 1. The monoisotopic (exact) mass is 260 g/mol. The molecular formula is C14H20N4O. The van der Waals surface area contributed by atoms with Gasteiger partial charge in [0.25, 0.3) is 0 Å². The number of aliphatic hydroxyl groups is 1. The maximum Gasteiger partial charge on any atom is 0.0994 e. The van der Waals surface area contributed by atoms with Crippen molar-refractivity contribution in [3.8, 4) is 0 Å². The van der Waals surface area contributed by atoms with Crippen LogP contribution in [-0.2, 0) is 25.9 Å². The SMILES string of the molecule is Cc1ccc(CCc2c(CN)nnn2CCO)cc1. The molecule has 0 atom stereocenters. The van der Waals surface area contributed by atoms with Gasteiger partial charge in [-0.05, 0) is 25.3 Å². The number of aromatic nitrogens is 3. The van der Waals surface area contributed by atoms with Gasteiger partial charge in [0.15, 0.2) is 0 Å². The molecule has 2 rings (SSSR count). The van der Waals surface area contributed by atoms with Gasteiger partial charge >= 0.3 is 0 Å². The Labute approximate surface area is 113 Å². The summed E-state index contributed by atoms with van der Waals surface area (Å²) in [6.07, 6.45) is 1.76. The van der Waals surface area contributed by atoms with Crippen molar-refractivity contribution in [1.29, 1.82) is 0 Å². The largest absolute Gasteiger partial charge is 0.394 e. The zero-order valence-corrected chi connectivity index (χ0v) is 11.2. The second kappa shape index (κ2) is 6.45. The molecule has 0 spiro atoms. The van der Waals surface area contributed by atoms with Crippen LogP contribution in [0, 0.1) is 6.92 Å². The van der Waals surface area contributed by atoms with Crippen molar-refractivity contribution >= 4 is 0 Å². The number of benzene rings is 1. The van der Waals surface area contributed by atoms with E-state index >= 15 is 0 Å². The average Bonchev–Trinajstić information content (AvgIpc) is 2.81. The van der Waals surface area contributed by atoms with E-state index in [0.717, 1.165) is 24.2 Å². The minimum atomic E-state index is 0.0604. The van der Waals surface area contributed by atoms with E-state index in [4.69, 9.17) is 10.8 Å². The molecule has 0 aliphatic rings. The number of hydrogen-bond acceptors (Lipinski definition) is 4. The Hall–Kier alpha value is -1.72. The highest BCUT2D eigenvalue weighted by Crippen LogP contribution is 2.11. The van der Waals surface area contributed by atoms with Gasteiger partial charge in [0.1, 0.15) is 0 Å². The molecule has 0 amide bonds. The first-order valence-corrected chi connectivity index (χ1v) is 6.52. The van der Waals surface area contributed by atoms with Crippen LogP contribution in [0.25, 0.3) is 0 Å². The predicted octanol–water partition coefficient (Wildman–Crippen LogP) is 0.823. The summed E-state index contributed by atoms with van der Waals surface area (Å²) in [4.78, 5) is 0. The molecule has 0 radical (unpaired) electrons. The Kier molecular flexibility index (Phi) is 4.65. The summed E-state index contributed by atoms with van der Waals surface area (Å²) < 4.78 is 1.75. The van der Waals surface area contributed by atoms with E-state index in [1.807, 2.05) is 0 Å². The van der Waals surface area contributed by atoms with Crippen molar-refractivity contribution in [3.05, 3.63) is 46.8 Å². The van der Waals surface area contributed by atoms with Crippen LogP contribution in [0.15, 0.2) is 24.3 Å². The van der Waals surface area contributed by atoms with Crippen LogP contribution in [0.1, 0.15) is 22.5 Å². The first-order chi connectivity index (χ1) is 9.24. The van der Waals surface area contributed by atoms with Crippen LogP contribution >= 0.6 is 0 Å². The van der Waals surface area contributed by atoms with Crippen LogP contribution in [-0.4, -0.2) is 26.7 Å². The summed E-state index contributed by atoms with van der Waals surface area (Å²) in [6.45, 7) is 2.99. The molecule has 102 valence electrons. The Morgan fingerprint density at radius 2 is 1.95 bits per heavy atom. The lowest BCUT2D eigenvalue weighted by atomic mass is 10.1. The smallest absolute Gasteiger partial charge is 0.0994 e. The second-order valence-corrected chi connectivity index (χ2v) is 4.62. The summed E-state index contributed by atoms with van der Waals surface area (Å²) in [5.74, 6) is 0. The van der Waals surface area contributed by atoms with E-state index in [-0.39, 0.29) is 6.61 Å². The Morgan fingerprint density at radius 1 is 1.21 bits per heavy atom. The van der Waals surface area contributed by atoms with Gasteiger partial charge in [-0.25, -0.2) is 4.68 Å². The molecule has 19 heavy (non-hydrogen) atoms. The van der Waals surface area contributed by atoms with Gasteiger partial charge in [-0.1, -0.05) is 35.0 Å². The van der Waals surface area contributed by atoms with E-state index in [1.54, 1.807) is 4.68 Å². The van der Waals surface area contributed by atoms with E-state index < -0.39 is 0 Å².